The van der Waals surface area contributed by atoms with Crippen LogP contribution in [0.4, 0.5) is 0 Å². The smallest absolute Gasteiger partial charge is 0.308 e. The molecule has 4 unspecified atom stereocenters. The lowest BCUT2D eigenvalue weighted by Crippen LogP contribution is -2.53. The summed E-state index contributed by atoms with van der Waals surface area (Å²) in [4.78, 5) is 23.4. The maximum atomic E-state index is 12.1. The number of carboxylic acid groups (broad SMARTS) is 1. The summed E-state index contributed by atoms with van der Waals surface area (Å²) in [5, 5.41) is 12.2. The molecule has 1 amide bonds. The van der Waals surface area contributed by atoms with Crippen molar-refractivity contribution in [2.45, 2.75) is 44.8 Å². The zero-order valence-electron chi connectivity index (χ0n) is 11.1. The van der Waals surface area contributed by atoms with Gasteiger partial charge >= 0.3 is 5.97 Å². The average Bonchev–Trinajstić information content (AvgIpc) is 2.88. The van der Waals surface area contributed by atoms with E-state index in [0.29, 0.717) is 5.92 Å². The van der Waals surface area contributed by atoms with E-state index in [4.69, 9.17) is 4.74 Å². The summed E-state index contributed by atoms with van der Waals surface area (Å²) in [5.41, 5.74) is -0.912. The van der Waals surface area contributed by atoms with Gasteiger partial charge in [0, 0.05) is 13.2 Å². The number of aliphatic carboxylic acids is 1. The van der Waals surface area contributed by atoms with E-state index in [0.717, 1.165) is 19.3 Å². The van der Waals surface area contributed by atoms with Crippen molar-refractivity contribution in [1.82, 2.24) is 5.32 Å². The second-order valence-electron chi connectivity index (χ2n) is 5.91. The standard InChI is InChI=1S/C13H21NO4/c1-13(2,18-3)12(17)14-10-8-5-4-7(6-8)9(10)11(15)16/h7-10H,4-6H2,1-3H3,(H,14,17)(H,15,16). The fraction of sp³-hybridized carbons (Fsp3) is 0.846. The Morgan fingerprint density at radius 1 is 1.28 bits per heavy atom. The van der Waals surface area contributed by atoms with E-state index in [1.165, 1.54) is 7.11 Å². The number of fused-ring (bicyclic) bond motifs is 2. The van der Waals surface area contributed by atoms with Crippen molar-refractivity contribution in [2.24, 2.45) is 17.8 Å². The van der Waals surface area contributed by atoms with Gasteiger partial charge in [0.2, 0.25) is 0 Å². The molecule has 2 N–H and O–H groups in total. The van der Waals surface area contributed by atoms with Crippen molar-refractivity contribution in [3.63, 3.8) is 0 Å². The molecular formula is C13H21NO4. The summed E-state index contributed by atoms with van der Waals surface area (Å²) < 4.78 is 5.13. The first-order chi connectivity index (χ1) is 8.36. The molecule has 0 saturated heterocycles. The Labute approximate surface area is 107 Å². The molecule has 0 aromatic rings. The van der Waals surface area contributed by atoms with Gasteiger partial charge in [-0.3, -0.25) is 9.59 Å². The number of hydrogen-bond acceptors (Lipinski definition) is 3. The van der Waals surface area contributed by atoms with Crippen molar-refractivity contribution in [2.75, 3.05) is 7.11 Å². The third-order valence-corrected chi connectivity index (χ3v) is 4.56. The van der Waals surface area contributed by atoms with Crippen LogP contribution in [-0.2, 0) is 14.3 Å². The minimum atomic E-state index is -0.912. The Balaban J connectivity index is 2.09. The van der Waals surface area contributed by atoms with Crippen LogP contribution in [0.25, 0.3) is 0 Å². The summed E-state index contributed by atoms with van der Waals surface area (Å²) in [5.74, 6) is -0.909. The van der Waals surface area contributed by atoms with Gasteiger partial charge in [0.15, 0.2) is 0 Å². The number of carboxylic acids is 1. The Morgan fingerprint density at radius 2 is 1.89 bits per heavy atom. The molecule has 2 aliphatic carbocycles. The van der Waals surface area contributed by atoms with Gasteiger partial charge in [-0.1, -0.05) is 0 Å². The second kappa shape index (κ2) is 4.53. The van der Waals surface area contributed by atoms with Crippen LogP contribution in [0.2, 0.25) is 0 Å². The molecule has 0 heterocycles. The number of hydrogen-bond donors (Lipinski definition) is 2. The van der Waals surface area contributed by atoms with E-state index >= 15 is 0 Å². The minimum Gasteiger partial charge on any atom is -0.481 e. The summed E-state index contributed by atoms with van der Waals surface area (Å²) >= 11 is 0. The number of nitrogens with one attached hydrogen (secondary N) is 1. The molecule has 2 saturated carbocycles. The lowest BCUT2D eigenvalue weighted by Gasteiger charge is -2.32. The van der Waals surface area contributed by atoms with Gasteiger partial charge in [0.05, 0.1) is 5.92 Å². The molecule has 2 fully saturated rings. The molecule has 0 aromatic carbocycles. The van der Waals surface area contributed by atoms with E-state index in [-0.39, 0.29) is 17.9 Å². The summed E-state index contributed by atoms with van der Waals surface area (Å²) in [6.45, 7) is 3.37. The molecular weight excluding hydrogens is 234 g/mol. The highest BCUT2D eigenvalue weighted by Crippen LogP contribution is 2.48. The van der Waals surface area contributed by atoms with Gasteiger partial charge < -0.3 is 15.2 Å². The lowest BCUT2D eigenvalue weighted by atomic mass is 9.84. The second-order valence-corrected chi connectivity index (χ2v) is 5.91. The monoisotopic (exact) mass is 255 g/mol. The van der Waals surface area contributed by atoms with E-state index in [9.17, 15) is 14.7 Å². The number of carbonyl (C=O) groups is 2. The molecule has 4 atom stereocenters. The summed E-state index contributed by atoms with van der Waals surface area (Å²) in [6, 6.07) is -0.233. The molecule has 5 nitrogen and oxygen atoms in total. The highest BCUT2D eigenvalue weighted by molar-refractivity contribution is 5.85. The van der Waals surface area contributed by atoms with Crippen LogP contribution in [0.3, 0.4) is 0 Å². The van der Waals surface area contributed by atoms with Crippen molar-refractivity contribution in [3.8, 4) is 0 Å². The first-order valence-corrected chi connectivity index (χ1v) is 6.45. The third kappa shape index (κ3) is 2.11. The predicted octanol–water partition coefficient (Wildman–Crippen LogP) is 1.03. The van der Waals surface area contributed by atoms with Crippen molar-refractivity contribution in [3.05, 3.63) is 0 Å². The van der Waals surface area contributed by atoms with Crippen molar-refractivity contribution < 1.29 is 19.4 Å². The molecule has 2 rings (SSSR count). The topological polar surface area (TPSA) is 75.6 Å². The zero-order chi connectivity index (χ0) is 13.5. The quantitative estimate of drug-likeness (QED) is 0.786. The van der Waals surface area contributed by atoms with Crippen LogP contribution in [0.1, 0.15) is 33.1 Å². The van der Waals surface area contributed by atoms with Gasteiger partial charge in [-0.05, 0) is 44.9 Å². The number of carbonyl (C=O) groups excluding carboxylic acids is 1. The Kier molecular flexibility index (Phi) is 3.36. The third-order valence-electron chi connectivity index (χ3n) is 4.56. The zero-order valence-corrected chi connectivity index (χ0v) is 11.1. The van der Waals surface area contributed by atoms with Gasteiger partial charge in [-0.2, -0.15) is 0 Å². The average molecular weight is 255 g/mol. The summed E-state index contributed by atoms with van der Waals surface area (Å²) in [7, 11) is 1.48. The van der Waals surface area contributed by atoms with Gasteiger partial charge in [-0.15, -0.1) is 0 Å². The minimum absolute atomic E-state index is 0.225. The molecule has 0 spiro atoms. The first-order valence-electron chi connectivity index (χ1n) is 6.45. The normalized spacial score (nSPS) is 34.6. The maximum Gasteiger partial charge on any atom is 0.308 e. The van der Waals surface area contributed by atoms with Gasteiger partial charge in [0.1, 0.15) is 5.60 Å². The first kappa shape index (κ1) is 13.3. The van der Waals surface area contributed by atoms with Crippen LogP contribution >= 0.6 is 0 Å². The fourth-order valence-corrected chi connectivity index (χ4v) is 3.27. The summed E-state index contributed by atoms with van der Waals surface area (Å²) in [6.07, 6.45) is 2.92. The van der Waals surface area contributed by atoms with Crippen molar-refractivity contribution in [1.29, 1.82) is 0 Å². The Morgan fingerprint density at radius 3 is 2.44 bits per heavy atom. The highest BCUT2D eigenvalue weighted by atomic mass is 16.5. The van der Waals surface area contributed by atoms with E-state index < -0.39 is 17.5 Å². The van der Waals surface area contributed by atoms with Crippen LogP contribution in [0, 0.1) is 17.8 Å². The SMILES string of the molecule is COC(C)(C)C(=O)NC1C2CCC(C2)C1C(=O)O. The maximum absolute atomic E-state index is 12.1. The van der Waals surface area contributed by atoms with Gasteiger partial charge in [0.25, 0.3) is 5.91 Å². The molecule has 5 heteroatoms. The van der Waals surface area contributed by atoms with Crippen LogP contribution in [-0.4, -0.2) is 35.7 Å². The molecule has 2 bridgehead atoms. The highest BCUT2D eigenvalue weighted by Gasteiger charge is 2.52. The molecule has 18 heavy (non-hydrogen) atoms. The molecule has 0 radical (unpaired) electrons. The number of amides is 1. The molecule has 0 aromatic heterocycles. The largest absolute Gasteiger partial charge is 0.481 e. The predicted molar refractivity (Wildman–Crippen MR) is 65.0 cm³/mol. The molecule has 102 valence electrons. The Bertz CT molecular complexity index is 366. The Hall–Kier alpha value is -1.10. The van der Waals surface area contributed by atoms with E-state index in [1.54, 1.807) is 13.8 Å². The molecule has 0 aliphatic heterocycles. The number of methoxy groups -OCH3 is 1. The van der Waals surface area contributed by atoms with E-state index in [2.05, 4.69) is 5.32 Å². The van der Waals surface area contributed by atoms with Crippen LogP contribution < -0.4 is 5.32 Å². The number of ether oxygens (including phenoxy) is 1. The van der Waals surface area contributed by atoms with Crippen LogP contribution in [0.15, 0.2) is 0 Å². The number of rotatable bonds is 4. The van der Waals surface area contributed by atoms with Crippen LogP contribution in [0.5, 0.6) is 0 Å². The van der Waals surface area contributed by atoms with Crippen molar-refractivity contribution >= 4 is 11.9 Å². The fourth-order valence-electron chi connectivity index (χ4n) is 3.27. The van der Waals surface area contributed by atoms with E-state index in [1.807, 2.05) is 0 Å². The van der Waals surface area contributed by atoms with Gasteiger partial charge in [-0.25, -0.2) is 0 Å². The molecule has 2 aliphatic rings. The lowest BCUT2D eigenvalue weighted by molar-refractivity contribution is -0.147.